The predicted octanol–water partition coefficient (Wildman–Crippen LogP) is -2.52. The molecule has 47 heavy (non-hydrogen) atoms. The number of carboxylic acid groups (broad SMARTS) is 3. The van der Waals surface area contributed by atoms with Crippen LogP contribution >= 0.6 is 0 Å². The van der Waals surface area contributed by atoms with Gasteiger partial charge in [0.1, 0.15) is 49.0 Å². The van der Waals surface area contributed by atoms with Gasteiger partial charge in [-0.25, -0.2) is 18.8 Å². The van der Waals surface area contributed by atoms with Gasteiger partial charge >= 0.3 is 23.6 Å². The summed E-state index contributed by atoms with van der Waals surface area (Å²) in [5.74, 6) is -3.32. The molecule has 4 aromatic heterocycles. The van der Waals surface area contributed by atoms with Gasteiger partial charge < -0.3 is 29.5 Å². The summed E-state index contributed by atoms with van der Waals surface area (Å²) in [6, 6.07) is 0. The number of carboxylic acids is 3. The third kappa shape index (κ3) is 8.36. The summed E-state index contributed by atoms with van der Waals surface area (Å²) in [4.78, 5) is 59.4. The Bertz CT molecular complexity index is 1870. The lowest BCUT2D eigenvalue weighted by Crippen LogP contribution is -2.42. The summed E-state index contributed by atoms with van der Waals surface area (Å²) in [5.41, 5.74) is -0.161. The van der Waals surface area contributed by atoms with Crippen molar-refractivity contribution in [2.75, 3.05) is 6.61 Å². The first-order chi connectivity index (χ1) is 22.4. The van der Waals surface area contributed by atoms with Crippen molar-refractivity contribution in [1.82, 2.24) is 54.1 Å². The second-order valence-electron chi connectivity index (χ2n) is 10.5. The van der Waals surface area contributed by atoms with Gasteiger partial charge in [0.15, 0.2) is 0 Å². The van der Waals surface area contributed by atoms with Crippen molar-refractivity contribution in [1.29, 1.82) is 0 Å². The molecule has 5 heterocycles. The van der Waals surface area contributed by atoms with Gasteiger partial charge in [-0.3, -0.25) is 28.3 Å². The van der Waals surface area contributed by atoms with Gasteiger partial charge in [-0.2, -0.15) is 0 Å². The highest BCUT2D eigenvalue weighted by Gasteiger charge is 2.38. The minimum absolute atomic E-state index is 0.0348. The number of aryl methyl sites for hydroxylation is 1. The molecular formula is C25H29N11O11. The first-order valence-corrected chi connectivity index (χ1v) is 13.9. The van der Waals surface area contributed by atoms with Crippen molar-refractivity contribution < 1.29 is 43.9 Å². The van der Waals surface area contributed by atoms with Crippen LogP contribution in [0.1, 0.15) is 35.3 Å². The zero-order valence-electron chi connectivity index (χ0n) is 24.7. The van der Waals surface area contributed by atoms with E-state index in [1.807, 2.05) is 0 Å². The standard InChI is InChI=1S/C25H29N11O11/c1-14-3-35(25(44)36(24(14)43)7-15-4-32(29-26-15)8-21(37)38)20-2-18(46-12-17-6-34(31-28-17)10-23(41)42)19(47-20)13-45-11-16-5-33(30-27-16)9-22(39)40/h3-6,18-20H,2,7-13H2,1H3,(H,37,38)(H,39,40)(H,41,42)/t18-,19+,20+/m0/s1. The van der Waals surface area contributed by atoms with E-state index in [4.69, 9.17) is 29.5 Å². The molecule has 1 saturated heterocycles. The van der Waals surface area contributed by atoms with E-state index >= 15 is 0 Å². The molecule has 250 valence electrons. The Morgan fingerprint density at radius 1 is 0.830 bits per heavy atom. The quantitative estimate of drug-likeness (QED) is 0.112. The molecule has 22 nitrogen and oxygen atoms in total. The minimum Gasteiger partial charge on any atom is -0.480 e. The number of aromatic nitrogens is 11. The lowest BCUT2D eigenvalue weighted by atomic mass is 10.2. The molecule has 1 aliphatic heterocycles. The molecule has 0 radical (unpaired) electrons. The van der Waals surface area contributed by atoms with Crippen molar-refractivity contribution in [3.63, 3.8) is 0 Å². The third-order valence-electron chi connectivity index (χ3n) is 6.81. The van der Waals surface area contributed by atoms with Gasteiger partial charge in [0.2, 0.25) is 0 Å². The van der Waals surface area contributed by atoms with Crippen LogP contribution in [0.25, 0.3) is 0 Å². The van der Waals surface area contributed by atoms with Crippen LogP contribution in [0.5, 0.6) is 0 Å². The summed E-state index contributed by atoms with van der Waals surface area (Å²) in [7, 11) is 0. The highest BCUT2D eigenvalue weighted by Crippen LogP contribution is 2.31. The molecule has 0 bridgehead atoms. The number of hydrogen-bond acceptors (Lipinski definition) is 14. The first-order valence-electron chi connectivity index (χ1n) is 13.9. The number of rotatable bonds is 16. The van der Waals surface area contributed by atoms with Crippen LogP contribution in [-0.4, -0.2) is 106 Å². The summed E-state index contributed by atoms with van der Waals surface area (Å²) in [5, 5.41) is 49.8. The Morgan fingerprint density at radius 2 is 1.36 bits per heavy atom. The highest BCUT2D eigenvalue weighted by molar-refractivity contribution is 5.66. The molecule has 1 fully saturated rings. The fourth-order valence-electron chi connectivity index (χ4n) is 4.80. The molecule has 0 unspecified atom stereocenters. The van der Waals surface area contributed by atoms with Crippen molar-refractivity contribution in [2.45, 2.75) is 71.2 Å². The predicted molar refractivity (Wildman–Crippen MR) is 149 cm³/mol. The summed E-state index contributed by atoms with van der Waals surface area (Å²) in [6.45, 7) is -0.0968. The topological polar surface area (TPSA) is 276 Å². The van der Waals surface area contributed by atoms with Crippen LogP contribution in [0, 0.1) is 6.92 Å². The van der Waals surface area contributed by atoms with Crippen LogP contribution in [-0.2, 0) is 68.0 Å². The van der Waals surface area contributed by atoms with E-state index in [9.17, 15) is 24.0 Å². The molecule has 0 aliphatic carbocycles. The fourth-order valence-corrected chi connectivity index (χ4v) is 4.80. The van der Waals surface area contributed by atoms with Crippen LogP contribution < -0.4 is 11.2 Å². The molecule has 0 spiro atoms. The monoisotopic (exact) mass is 659 g/mol. The normalized spacial score (nSPS) is 17.7. The Labute approximate surface area is 262 Å². The van der Waals surface area contributed by atoms with Crippen molar-refractivity contribution in [3.8, 4) is 0 Å². The van der Waals surface area contributed by atoms with Crippen molar-refractivity contribution >= 4 is 17.9 Å². The van der Waals surface area contributed by atoms with E-state index in [0.717, 1.165) is 18.6 Å². The second-order valence-corrected chi connectivity index (χ2v) is 10.5. The van der Waals surface area contributed by atoms with E-state index in [-0.39, 0.29) is 57.1 Å². The average Bonchev–Trinajstić information content (AvgIpc) is 3.80. The number of carbonyl (C=O) groups is 3. The van der Waals surface area contributed by atoms with E-state index in [1.54, 1.807) is 0 Å². The molecule has 5 rings (SSSR count). The van der Waals surface area contributed by atoms with Gasteiger partial charge in [0, 0.05) is 18.2 Å². The molecule has 0 amide bonds. The van der Waals surface area contributed by atoms with E-state index < -0.39 is 54.1 Å². The zero-order chi connectivity index (χ0) is 33.7. The number of aliphatic carboxylic acids is 3. The van der Waals surface area contributed by atoms with Gasteiger partial charge in [-0.1, -0.05) is 15.6 Å². The lowest BCUT2D eigenvalue weighted by Gasteiger charge is -2.19. The lowest BCUT2D eigenvalue weighted by molar-refractivity contribution is -0.139. The molecule has 4 aromatic rings. The molecule has 1 aliphatic rings. The Balaban J connectivity index is 1.33. The fraction of sp³-hybridized carbons (Fsp3) is 0.480. The number of ether oxygens (including phenoxy) is 3. The maximum absolute atomic E-state index is 13.6. The van der Waals surface area contributed by atoms with Crippen molar-refractivity contribution in [2.24, 2.45) is 0 Å². The molecule has 0 aromatic carbocycles. The van der Waals surface area contributed by atoms with Crippen LogP contribution in [0.3, 0.4) is 0 Å². The molecular weight excluding hydrogens is 630 g/mol. The number of nitrogens with zero attached hydrogens (tertiary/aromatic N) is 11. The van der Waals surface area contributed by atoms with E-state index in [2.05, 4.69) is 30.9 Å². The Morgan fingerprint density at radius 3 is 1.94 bits per heavy atom. The van der Waals surface area contributed by atoms with Gasteiger partial charge in [0.25, 0.3) is 5.56 Å². The molecule has 3 N–H and O–H groups in total. The highest BCUT2D eigenvalue weighted by atomic mass is 16.6. The number of hydrogen-bond donors (Lipinski definition) is 3. The molecule has 3 atom stereocenters. The van der Waals surface area contributed by atoms with Crippen LogP contribution in [0.2, 0.25) is 0 Å². The van der Waals surface area contributed by atoms with Gasteiger partial charge in [-0.15, -0.1) is 15.3 Å². The van der Waals surface area contributed by atoms with E-state index in [1.165, 1.54) is 36.3 Å². The maximum atomic E-state index is 13.6. The molecule has 0 saturated carbocycles. The third-order valence-corrected chi connectivity index (χ3v) is 6.81. The zero-order valence-corrected chi connectivity index (χ0v) is 24.7. The smallest absolute Gasteiger partial charge is 0.333 e. The molecule has 22 heteroatoms. The van der Waals surface area contributed by atoms with Crippen LogP contribution in [0.4, 0.5) is 0 Å². The summed E-state index contributed by atoms with van der Waals surface area (Å²) < 4.78 is 23.6. The minimum atomic E-state index is -1.14. The first kappa shape index (κ1) is 32.8. The Hall–Kier alpha value is -5.61. The maximum Gasteiger partial charge on any atom is 0.333 e. The Kier molecular flexibility index (Phi) is 9.91. The largest absolute Gasteiger partial charge is 0.480 e. The van der Waals surface area contributed by atoms with E-state index in [0.29, 0.717) is 11.4 Å². The second kappa shape index (κ2) is 14.2. The van der Waals surface area contributed by atoms with Gasteiger partial charge in [0.05, 0.1) is 51.1 Å². The average molecular weight is 660 g/mol. The van der Waals surface area contributed by atoms with Crippen molar-refractivity contribution in [3.05, 3.63) is 68.3 Å². The van der Waals surface area contributed by atoms with Crippen LogP contribution in [0.15, 0.2) is 34.4 Å². The van der Waals surface area contributed by atoms with Gasteiger partial charge in [-0.05, 0) is 6.92 Å². The summed E-state index contributed by atoms with van der Waals surface area (Å²) >= 11 is 0. The SMILES string of the molecule is Cc1cn([C@H]2C[C@H](OCc3cn(CC(=O)O)nn3)[C@@H](COCc3cn(CC(=O)O)nn3)O2)c(=O)n(Cc2cn(CC(=O)O)nn2)c1=O. The summed E-state index contributed by atoms with van der Waals surface area (Å²) in [6.07, 6.45) is 3.35.